The Morgan fingerprint density at radius 2 is 1.90 bits per heavy atom. The van der Waals surface area contributed by atoms with Gasteiger partial charge in [-0.1, -0.05) is 41.4 Å². The molecule has 0 bridgehead atoms. The Balaban J connectivity index is 1.75. The van der Waals surface area contributed by atoms with Crippen molar-refractivity contribution < 1.29 is 4.79 Å². The number of para-hydroxylation sites is 1. The molecular weight excluding hydrogens is 325 g/mol. The molecule has 0 amide bonds. The number of Topliss-reactive ketones (excluding diaryl/α,β-unsaturated/α-hetero) is 1. The van der Waals surface area contributed by atoms with E-state index in [0.29, 0.717) is 21.4 Å². The molecule has 2 aromatic carbocycles. The van der Waals surface area contributed by atoms with E-state index in [4.69, 9.17) is 23.2 Å². The summed E-state index contributed by atoms with van der Waals surface area (Å²) in [7, 11) is 0. The lowest BCUT2D eigenvalue weighted by Gasteiger charge is -2.02. The first-order chi connectivity index (χ1) is 10.1. The quantitative estimate of drug-likeness (QED) is 0.508. The highest BCUT2D eigenvalue weighted by Crippen LogP contribution is 2.29. The van der Waals surface area contributed by atoms with Crippen LogP contribution in [-0.4, -0.2) is 16.5 Å². The van der Waals surface area contributed by atoms with Crippen LogP contribution >= 0.6 is 35.0 Å². The standard InChI is InChI=1S/C16H11Cl2NOS/c17-12-6-5-10(7-13(12)18)15(20)9-21-16-8-19-14-4-2-1-3-11(14)16/h1-8,19H,9H2. The number of nitrogens with one attached hydrogen (secondary N) is 1. The molecule has 0 aliphatic heterocycles. The number of hydrogen-bond acceptors (Lipinski definition) is 2. The monoisotopic (exact) mass is 335 g/mol. The number of carbonyl (C=O) groups is 1. The molecule has 3 rings (SSSR count). The van der Waals surface area contributed by atoms with Gasteiger partial charge in [0.25, 0.3) is 0 Å². The highest BCUT2D eigenvalue weighted by atomic mass is 35.5. The van der Waals surface area contributed by atoms with Gasteiger partial charge in [-0.3, -0.25) is 4.79 Å². The number of hydrogen-bond donors (Lipinski definition) is 1. The average molecular weight is 336 g/mol. The lowest BCUT2D eigenvalue weighted by molar-refractivity contribution is 0.102. The van der Waals surface area contributed by atoms with Gasteiger partial charge in [-0.2, -0.15) is 0 Å². The van der Waals surface area contributed by atoms with Crippen LogP contribution in [0, 0.1) is 0 Å². The molecule has 106 valence electrons. The van der Waals surface area contributed by atoms with Gasteiger partial charge in [-0.05, 0) is 24.3 Å². The van der Waals surface area contributed by atoms with E-state index < -0.39 is 0 Å². The van der Waals surface area contributed by atoms with Gasteiger partial charge >= 0.3 is 0 Å². The summed E-state index contributed by atoms with van der Waals surface area (Å²) in [6.45, 7) is 0. The second-order valence-corrected chi connectivity index (χ2v) is 6.37. The van der Waals surface area contributed by atoms with Crippen LogP contribution < -0.4 is 0 Å². The number of rotatable bonds is 4. The molecule has 5 heteroatoms. The maximum Gasteiger partial charge on any atom is 0.173 e. The topological polar surface area (TPSA) is 32.9 Å². The highest BCUT2D eigenvalue weighted by molar-refractivity contribution is 8.00. The van der Waals surface area contributed by atoms with Crippen molar-refractivity contribution in [2.45, 2.75) is 4.90 Å². The minimum absolute atomic E-state index is 0.0313. The third-order valence-electron chi connectivity index (χ3n) is 3.15. The van der Waals surface area contributed by atoms with Crippen LogP contribution in [-0.2, 0) is 0 Å². The Bertz CT molecular complexity index is 813. The summed E-state index contributed by atoms with van der Waals surface area (Å²) < 4.78 is 0. The predicted octanol–water partition coefficient (Wildman–Crippen LogP) is 5.45. The molecule has 0 saturated carbocycles. The first-order valence-corrected chi connectivity index (χ1v) is 8.06. The largest absolute Gasteiger partial charge is 0.360 e. The fourth-order valence-electron chi connectivity index (χ4n) is 2.06. The lowest BCUT2D eigenvalue weighted by Crippen LogP contribution is -2.02. The van der Waals surface area contributed by atoms with Crippen molar-refractivity contribution in [3.63, 3.8) is 0 Å². The van der Waals surface area contributed by atoms with Crippen molar-refractivity contribution >= 4 is 51.6 Å². The van der Waals surface area contributed by atoms with Crippen LogP contribution in [0.5, 0.6) is 0 Å². The van der Waals surface area contributed by atoms with Gasteiger partial charge in [0.2, 0.25) is 0 Å². The molecule has 1 heterocycles. The van der Waals surface area contributed by atoms with Gasteiger partial charge in [0, 0.05) is 27.6 Å². The fourth-order valence-corrected chi connectivity index (χ4v) is 3.29. The van der Waals surface area contributed by atoms with Crippen molar-refractivity contribution in [3.05, 3.63) is 64.3 Å². The van der Waals surface area contributed by atoms with E-state index >= 15 is 0 Å². The number of carbonyl (C=O) groups excluding carboxylic acids is 1. The van der Waals surface area contributed by atoms with Crippen molar-refractivity contribution in [1.82, 2.24) is 4.98 Å². The molecule has 21 heavy (non-hydrogen) atoms. The molecule has 2 nitrogen and oxygen atoms in total. The Labute approximate surface area is 136 Å². The number of ketones is 1. The zero-order valence-electron chi connectivity index (χ0n) is 10.9. The molecule has 0 aliphatic rings. The minimum Gasteiger partial charge on any atom is -0.360 e. The summed E-state index contributed by atoms with van der Waals surface area (Å²) >= 11 is 13.3. The third kappa shape index (κ3) is 3.10. The molecule has 0 radical (unpaired) electrons. The van der Waals surface area contributed by atoms with E-state index in [0.717, 1.165) is 15.8 Å². The molecule has 0 atom stereocenters. The molecule has 1 aromatic heterocycles. The number of aromatic amines is 1. The maximum atomic E-state index is 12.2. The van der Waals surface area contributed by atoms with Gasteiger partial charge < -0.3 is 4.98 Å². The zero-order valence-corrected chi connectivity index (χ0v) is 13.2. The van der Waals surface area contributed by atoms with Crippen LogP contribution in [0.25, 0.3) is 10.9 Å². The SMILES string of the molecule is O=C(CSc1c[nH]c2ccccc12)c1ccc(Cl)c(Cl)c1. The van der Waals surface area contributed by atoms with E-state index in [1.54, 1.807) is 18.2 Å². The highest BCUT2D eigenvalue weighted by Gasteiger charge is 2.10. The minimum atomic E-state index is 0.0313. The molecule has 0 aliphatic carbocycles. The number of benzene rings is 2. The summed E-state index contributed by atoms with van der Waals surface area (Å²) in [5, 5.41) is 1.99. The molecule has 0 saturated heterocycles. The number of H-pyrrole nitrogens is 1. The third-order valence-corrected chi connectivity index (χ3v) is 4.95. The van der Waals surface area contributed by atoms with Gasteiger partial charge in [0.05, 0.1) is 15.8 Å². The second-order valence-electron chi connectivity index (χ2n) is 4.54. The summed E-state index contributed by atoms with van der Waals surface area (Å²) in [6.07, 6.45) is 1.93. The van der Waals surface area contributed by atoms with Crippen molar-refractivity contribution in [3.8, 4) is 0 Å². The van der Waals surface area contributed by atoms with Crippen molar-refractivity contribution in [1.29, 1.82) is 0 Å². The summed E-state index contributed by atoms with van der Waals surface area (Å²) in [5.74, 6) is 0.392. The Hall–Kier alpha value is -1.42. The summed E-state index contributed by atoms with van der Waals surface area (Å²) in [4.78, 5) is 16.5. The Morgan fingerprint density at radius 3 is 2.71 bits per heavy atom. The van der Waals surface area contributed by atoms with Crippen LogP contribution in [0.2, 0.25) is 10.0 Å². The van der Waals surface area contributed by atoms with E-state index in [2.05, 4.69) is 4.98 Å². The van der Waals surface area contributed by atoms with E-state index in [1.165, 1.54) is 11.8 Å². The molecule has 0 unspecified atom stereocenters. The molecule has 1 N–H and O–H groups in total. The van der Waals surface area contributed by atoms with E-state index in [1.807, 2.05) is 30.5 Å². The van der Waals surface area contributed by atoms with E-state index in [-0.39, 0.29) is 5.78 Å². The van der Waals surface area contributed by atoms with Crippen LogP contribution in [0.15, 0.2) is 53.6 Å². The van der Waals surface area contributed by atoms with Crippen LogP contribution in [0.4, 0.5) is 0 Å². The smallest absolute Gasteiger partial charge is 0.173 e. The van der Waals surface area contributed by atoms with Crippen molar-refractivity contribution in [2.24, 2.45) is 0 Å². The maximum absolute atomic E-state index is 12.2. The normalized spacial score (nSPS) is 11.0. The second kappa shape index (κ2) is 6.14. The van der Waals surface area contributed by atoms with Gasteiger partial charge in [0.15, 0.2) is 5.78 Å². The van der Waals surface area contributed by atoms with E-state index in [9.17, 15) is 4.79 Å². The van der Waals surface area contributed by atoms with Gasteiger partial charge in [-0.15, -0.1) is 11.8 Å². The fraction of sp³-hybridized carbons (Fsp3) is 0.0625. The van der Waals surface area contributed by atoms with Gasteiger partial charge in [0.1, 0.15) is 0 Å². The first-order valence-electron chi connectivity index (χ1n) is 6.32. The Kier molecular flexibility index (Phi) is 4.24. The molecular formula is C16H11Cl2NOS. The molecule has 0 fully saturated rings. The van der Waals surface area contributed by atoms with Crippen LogP contribution in [0.1, 0.15) is 10.4 Å². The van der Waals surface area contributed by atoms with Gasteiger partial charge in [-0.25, -0.2) is 0 Å². The summed E-state index contributed by atoms with van der Waals surface area (Å²) in [5.41, 5.74) is 1.65. The number of fused-ring (bicyclic) bond motifs is 1. The number of aromatic nitrogens is 1. The number of halogens is 2. The zero-order chi connectivity index (χ0) is 14.8. The first kappa shape index (κ1) is 14.5. The average Bonchev–Trinajstić information content (AvgIpc) is 2.91. The summed E-state index contributed by atoms with van der Waals surface area (Å²) in [6, 6.07) is 13.0. The molecule has 0 spiro atoms. The lowest BCUT2D eigenvalue weighted by atomic mass is 10.1. The predicted molar refractivity (Wildman–Crippen MR) is 89.8 cm³/mol. The Morgan fingerprint density at radius 1 is 1.10 bits per heavy atom. The number of thioether (sulfide) groups is 1. The van der Waals surface area contributed by atoms with Crippen molar-refractivity contribution in [2.75, 3.05) is 5.75 Å². The molecule has 3 aromatic rings. The van der Waals surface area contributed by atoms with Crippen LogP contribution in [0.3, 0.4) is 0 Å².